The van der Waals surface area contributed by atoms with Crippen molar-refractivity contribution in [2.24, 2.45) is 0 Å². The fourth-order valence-corrected chi connectivity index (χ4v) is 1.67. The third kappa shape index (κ3) is 10.2. The number of hydrogen-bond donors (Lipinski definition) is 3. The molecule has 0 amide bonds. The van der Waals surface area contributed by atoms with Crippen molar-refractivity contribution in [3.05, 3.63) is 114 Å². The van der Waals surface area contributed by atoms with Crippen molar-refractivity contribution in [1.82, 2.24) is 25.1 Å². The van der Waals surface area contributed by atoms with Crippen LogP contribution in [0.15, 0.2) is 73.7 Å². The van der Waals surface area contributed by atoms with Gasteiger partial charge in [-0.25, -0.2) is 9.97 Å². The Balaban J connectivity index is 0.000000220. The van der Waals surface area contributed by atoms with Gasteiger partial charge in [-0.15, -0.1) is 0 Å². The molecule has 0 unspecified atom stereocenters. The number of non-ortho nitro benzene ring substituents is 1. The van der Waals surface area contributed by atoms with Crippen molar-refractivity contribution in [2.75, 3.05) is 0 Å². The zero-order chi connectivity index (χ0) is 24.6. The second-order valence-corrected chi connectivity index (χ2v) is 5.33. The maximum absolute atomic E-state index is 10.0. The van der Waals surface area contributed by atoms with Crippen LogP contribution >= 0.6 is 0 Å². The molecule has 33 heavy (non-hydrogen) atoms. The number of rotatable bonds is 4. The van der Waals surface area contributed by atoms with Gasteiger partial charge in [0.15, 0.2) is 6.33 Å². The number of nitrogens with one attached hydrogen (secondary N) is 3. The van der Waals surface area contributed by atoms with Gasteiger partial charge in [0.05, 0.1) is 27.2 Å². The summed E-state index contributed by atoms with van der Waals surface area (Å²) in [7, 11) is 0. The highest BCUT2D eigenvalue weighted by Crippen LogP contribution is 2.07. The van der Waals surface area contributed by atoms with Crippen LogP contribution < -0.4 is 0 Å². The molecule has 0 saturated heterocycles. The Morgan fingerprint density at radius 1 is 0.697 bits per heavy atom. The SMILES string of the molecule is O=[N+]([O-])c1cc[nH]c1.O=[N+]([O-])c1ccccc1.O=[N+]([O-])c1cn[nH]c1.O=[N+]([O-])c1cnc[nH]1. The fraction of sp³-hybridized carbons (Fsp3) is 0. The van der Waals surface area contributed by atoms with E-state index in [0.29, 0.717) is 0 Å². The first-order valence-corrected chi connectivity index (χ1v) is 8.45. The van der Waals surface area contributed by atoms with Crippen LogP contribution in [0.5, 0.6) is 0 Å². The van der Waals surface area contributed by atoms with Crippen molar-refractivity contribution in [1.29, 1.82) is 0 Å². The maximum atomic E-state index is 10.0. The number of para-hydroxylation sites is 1. The lowest BCUT2D eigenvalue weighted by molar-refractivity contribution is -0.389. The standard InChI is InChI=1S/C6H5NO2.C4H4N2O2.2C3H3N3O2/c8-7(9)6-4-2-1-3-5-6;7-6(8)4-1-2-5-3-4;7-6(8)3-1-4-2-5-3;7-6(8)3-1-4-5-2-3/h1-5H;1-3,5H;2*1-2H,(H,4,5). The number of hydrogen-bond acceptors (Lipinski definition) is 10. The molecule has 0 saturated carbocycles. The van der Waals surface area contributed by atoms with E-state index in [-0.39, 0.29) is 22.9 Å². The Hall–Kier alpha value is -5.48. The van der Waals surface area contributed by atoms with Crippen molar-refractivity contribution >= 4 is 22.9 Å². The van der Waals surface area contributed by atoms with Gasteiger partial charge in [0, 0.05) is 24.4 Å². The van der Waals surface area contributed by atoms with Crippen LogP contribution in [0.4, 0.5) is 22.9 Å². The van der Waals surface area contributed by atoms with E-state index < -0.39 is 19.7 Å². The lowest BCUT2D eigenvalue weighted by Crippen LogP contribution is -1.85. The lowest BCUT2D eigenvalue weighted by Gasteiger charge is -1.85. The van der Waals surface area contributed by atoms with Gasteiger partial charge in [0.1, 0.15) is 12.4 Å². The molecule has 0 atom stereocenters. The van der Waals surface area contributed by atoms with Gasteiger partial charge in [0.25, 0.3) is 11.4 Å². The van der Waals surface area contributed by atoms with E-state index in [1.165, 1.54) is 43.1 Å². The molecule has 0 aliphatic heterocycles. The van der Waals surface area contributed by atoms with E-state index in [1.54, 1.807) is 18.2 Å². The molecule has 172 valence electrons. The number of nitro groups is 4. The molecule has 3 N–H and O–H groups in total. The topological polar surface area (TPSA) is 246 Å². The van der Waals surface area contributed by atoms with Gasteiger partial charge in [0.2, 0.25) is 0 Å². The number of benzene rings is 1. The van der Waals surface area contributed by atoms with Crippen LogP contribution in [0.25, 0.3) is 0 Å². The van der Waals surface area contributed by atoms with E-state index >= 15 is 0 Å². The predicted molar refractivity (Wildman–Crippen MR) is 111 cm³/mol. The van der Waals surface area contributed by atoms with E-state index in [1.807, 2.05) is 0 Å². The largest absolute Gasteiger partial charge is 0.362 e. The second kappa shape index (κ2) is 13.7. The Morgan fingerprint density at radius 3 is 1.61 bits per heavy atom. The first-order chi connectivity index (χ1) is 15.7. The molecule has 4 aromatic rings. The van der Waals surface area contributed by atoms with Crippen LogP contribution in [0.1, 0.15) is 0 Å². The number of aromatic nitrogens is 5. The first-order valence-electron chi connectivity index (χ1n) is 8.45. The summed E-state index contributed by atoms with van der Waals surface area (Å²) in [6.45, 7) is 0. The molecule has 0 aliphatic rings. The monoisotopic (exact) mass is 461 g/mol. The quantitative estimate of drug-likeness (QED) is 0.296. The normalized spacial score (nSPS) is 8.97. The molecule has 0 aliphatic carbocycles. The molecule has 1 aromatic carbocycles. The zero-order valence-corrected chi connectivity index (χ0v) is 16.4. The minimum atomic E-state index is -0.535. The van der Waals surface area contributed by atoms with E-state index in [9.17, 15) is 40.5 Å². The van der Waals surface area contributed by atoms with Gasteiger partial charge < -0.3 is 15.1 Å². The smallest absolute Gasteiger partial charge is 0.340 e. The molecule has 0 fully saturated rings. The summed E-state index contributed by atoms with van der Waals surface area (Å²) in [6.07, 6.45) is 7.64. The Kier molecular flexibility index (Phi) is 10.6. The Bertz CT molecular complexity index is 1010. The van der Waals surface area contributed by atoms with E-state index in [0.717, 1.165) is 12.4 Å². The fourth-order valence-electron chi connectivity index (χ4n) is 1.67. The van der Waals surface area contributed by atoms with Crippen LogP contribution in [0.2, 0.25) is 0 Å². The summed E-state index contributed by atoms with van der Waals surface area (Å²) in [5.41, 5.74) is 0.229. The summed E-state index contributed by atoms with van der Waals surface area (Å²) in [6, 6.07) is 9.34. The zero-order valence-electron chi connectivity index (χ0n) is 16.4. The number of nitrogens with zero attached hydrogens (tertiary/aromatic N) is 6. The number of nitro benzene ring substituents is 1. The highest BCUT2D eigenvalue weighted by atomic mass is 16.6. The lowest BCUT2D eigenvalue weighted by atomic mass is 10.3. The third-order valence-corrected chi connectivity index (χ3v) is 3.13. The van der Waals surface area contributed by atoms with Gasteiger partial charge in [-0.3, -0.25) is 35.4 Å². The number of imidazole rings is 1. The summed E-state index contributed by atoms with van der Waals surface area (Å²) >= 11 is 0. The van der Waals surface area contributed by atoms with Crippen LogP contribution in [-0.4, -0.2) is 44.8 Å². The highest BCUT2D eigenvalue weighted by molar-refractivity contribution is 5.28. The van der Waals surface area contributed by atoms with Gasteiger partial charge in [-0.05, 0) is 4.92 Å². The molecule has 3 heterocycles. The average molecular weight is 461 g/mol. The minimum Gasteiger partial charge on any atom is -0.362 e. The Labute approximate surface area is 182 Å². The second-order valence-electron chi connectivity index (χ2n) is 5.33. The van der Waals surface area contributed by atoms with Crippen molar-refractivity contribution in [3.63, 3.8) is 0 Å². The van der Waals surface area contributed by atoms with Gasteiger partial charge in [-0.1, -0.05) is 18.2 Å². The average Bonchev–Trinajstić information content (AvgIpc) is 3.59. The summed E-state index contributed by atoms with van der Waals surface area (Å²) < 4.78 is 0. The molecule has 17 nitrogen and oxygen atoms in total. The third-order valence-electron chi connectivity index (χ3n) is 3.13. The van der Waals surface area contributed by atoms with Crippen LogP contribution in [0, 0.1) is 40.5 Å². The van der Waals surface area contributed by atoms with Crippen molar-refractivity contribution in [3.8, 4) is 0 Å². The molecule has 0 bridgehead atoms. The van der Waals surface area contributed by atoms with Crippen LogP contribution in [0.3, 0.4) is 0 Å². The molecular weight excluding hydrogens is 446 g/mol. The van der Waals surface area contributed by atoms with Crippen molar-refractivity contribution < 1.29 is 19.7 Å². The number of H-pyrrole nitrogens is 3. The molecule has 0 spiro atoms. The Morgan fingerprint density at radius 2 is 1.33 bits per heavy atom. The summed E-state index contributed by atoms with van der Waals surface area (Å²) in [5, 5.41) is 45.2. The molecule has 3 aromatic heterocycles. The number of aromatic amines is 3. The predicted octanol–water partition coefficient (Wildman–Crippen LogP) is 3.15. The van der Waals surface area contributed by atoms with Gasteiger partial charge in [-0.2, -0.15) is 5.10 Å². The minimum absolute atomic E-state index is 0.00926. The van der Waals surface area contributed by atoms with Crippen LogP contribution in [-0.2, 0) is 0 Å². The highest BCUT2D eigenvalue weighted by Gasteiger charge is 2.02. The first kappa shape index (κ1) is 25.6. The van der Waals surface area contributed by atoms with E-state index in [4.69, 9.17) is 0 Å². The van der Waals surface area contributed by atoms with Gasteiger partial charge >= 0.3 is 11.5 Å². The van der Waals surface area contributed by atoms with Crippen molar-refractivity contribution in [2.45, 2.75) is 0 Å². The van der Waals surface area contributed by atoms with E-state index in [2.05, 4.69) is 25.1 Å². The molecular formula is C16H15N9O8. The summed E-state index contributed by atoms with van der Waals surface area (Å²) in [5.74, 6) is -0.0787. The summed E-state index contributed by atoms with van der Waals surface area (Å²) in [4.78, 5) is 45.9. The molecule has 17 heteroatoms. The maximum Gasteiger partial charge on any atom is 0.340 e. The molecule has 4 rings (SSSR count). The molecule has 0 radical (unpaired) electrons.